The molecular weight excluding hydrogens is 372 g/mol. The second kappa shape index (κ2) is 7.53. The van der Waals surface area contributed by atoms with Crippen LogP contribution in [0.3, 0.4) is 0 Å². The lowest BCUT2D eigenvalue weighted by Crippen LogP contribution is -2.49. The average molecular weight is 393 g/mol. The molecule has 1 atom stereocenters. The Labute approximate surface area is 161 Å². The van der Waals surface area contributed by atoms with Crippen LogP contribution in [0.25, 0.3) is 0 Å². The molecule has 2 aromatic rings. The van der Waals surface area contributed by atoms with E-state index in [-0.39, 0.29) is 36.6 Å². The first-order valence-corrected chi connectivity index (χ1v) is 8.75. The second-order valence-electron chi connectivity index (χ2n) is 6.26. The van der Waals surface area contributed by atoms with Gasteiger partial charge in [0.1, 0.15) is 17.5 Å². The van der Waals surface area contributed by atoms with Crippen molar-refractivity contribution in [2.45, 2.75) is 32.9 Å². The highest BCUT2D eigenvalue weighted by atomic mass is 35.5. The van der Waals surface area contributed by atoms with Crippen molar-refractivity contribution < 1.29 is 14.6 Å². The second-order valence-corrected chi connectivity index (χ2v) is 6.62. The highest BCUT2D eigenvalue weighted by molar-refractivity contribution is 6.33. The van der Waals surface area contributed by atoms with Gasteiger partial charge in [0, 0.05) is 23.9 Å². The number of nitrogens with zero attached hydrogens (tertiary/aromatic N) is 4. The standard InChI is InChI=1S/C17H21ClN6O3/c1-8-6-20-10(9(2)13(8)27-3)7-24-11(4-5-25)16(26)21-12-14(18)22-17(19)23-15(12)24/h6,11,25H,4-5,7H2,1-3H3,(H,21,26)(H2,19,22,23)/t11-/m0/s1. The minimum Gasteiger partial charge on any atom is -0.496 e. The number of nitrogen functional groups attached to an aromatic ring is 1. The summed E-state index contributed by atoms with van der Waals surface area (Å²) in [5.41, 5.74) is 8.54. The number of aryl methyl sites for hydroxylation is 1. The molecule has 1 aliphatic heterocycles. The maximum atomic E-state index is 12.6. The first-order valence-electron chi connectivity index (χ1n) is 8.37. The Kier molecular flexibility index (Phi) is 5.33. The number of rotatable bonds is 5. The van der Waals surface area contributed by atoms with Gasteiger partial charge in [-0.2, -0.15) is 9.97 Å². The van der Waals surface area contributed by atoms with Crippen LogP contribution >= 0.6 is 11.6 Å². The predicted molar refractivity (Wildman–Crippen MR) is 102 cm³/mol. The van der Waals surface area contributed by atoms with Gasteiger partial charge in [-0.1, -0.05) is 11.6 Å². The number of aliphatic hydroxyl groups is 1. The number of nitrogens with one attached hydrogen (secondary N) is 1. The number of anilines is 3. The zero-order valence-corrected chi connectivity index (χ0v) is 16.0. The molecule has 10 heteroatoms. The van der Waals surface area contributed by atoms with E-state index in [0.29, 0.717) is 17.2 Å². The number of ether oxygens (including phenoxy) is 1. The molecule has 0 saturated carbocycles. The quantitative estimate of drug-likeness (QED) is 0.652. The molecule has 0 radical (unpaired) electrons. The molecule has 9 nitrogen and oxygen atoms in total. The summed E-state index contributed by atoms with van der Waals surface area (Å²) in [6.45, 7) is 3.91. The predicted octanol–water partition coefficient (Wildman–Crippen LogP) is 1.44. The number of fused-ring (bicyclic) bond motifs is 1. The smallest absolute Gasteiger partial charge is 0.247 e. The molecule has 1 aliphatic rings. The minimum atomic E-state index is -0.652. The van der Waals surface area contributed by atoms with E-state index in [9.17, 15) is 9.90 Å². The number of hydrogen-bond donors (Lipinski definition) is 3. The molecule has 0 unspecified atom stereocenters. The summed E-state index contributed by atoms with van der Waals surface area (Å²) in [6.07, 6.45) is 1.93. The van der Waals surface area contributed by atoms with Crippen LogP contribution in [-0.2, 0) is 11.3 Å². The van der Waals surface area contributed by atoms with Crippen LogP contribution in [0, 0.1) is 13.8 Å². The Morgan fingerprint density at radius 2 is 2.15 bits per heavy atom. The molecule has 0 spiro atoms. The van der Waals surface area contributed by atoms with Crippen LogP contribution in [0.2, 0.25) is 5.15 Å². The molecule has 27 heavy (non-hydrogen) atoms. The van der Waals surface area contributed by atoms with Gasteiger partial charge in [-0.15, -0.1) is 0 Å². The van der Waals surface area contributed by atoms with Crippen LogP contribution in [0.5, 0.6) is 5.75 Å². The molecule has 0 fully saturated rings. The monoisotopic (exact) mass is 392 g/mol. The van der Waals surface area contributed by atoms with E-state index >= 15 is 0 Å². The SMILES string of the molecule is COc1c(C)cnc(CN2c3nc(N)nc(Cl)c3NC(=O)[C@@H]2CCO)c1C. The Morgan fingerprint density at radius 1 is 1.41 bits per heavy atom. The first-order chi connectivity index (χ1) is 12.9. The fraction of sp³-hybridized carbons (Fsp3) is 0.412. The molecule has 2 aromatic heterocycles. The molecule has 0 bridgehead atoms. The van der Waals surface area contributed by atoms with Crippen LogP contribution in [0.4, 0.5) is 17.5 Å². The molecular formula is C17H21ClN6O3. The van der Waals surface area contributed by atoms with E-state index in [1.54, 1.807) is 18.2 Å². The number of nitrogens with two attached hydrogens (primary N) is 1. The van der Waals surface area contributed by atoms with E-state index in [1.807, 2.05) is 13.8 Å². The molecule has 0 aliphatic carbocycles. The summed E-state index contributed by atoms with van der Waals surface area (Å²) in [5, 5.41) is 12.2. The van der Waals surface area contributed by atoms with Crippen molar-refractivity contribution in [1.29, 1.82) is 0 Å². The van der Waals surface area contributed by atoms with Crippen LogP contribution in [0.1, 0.15) is 23.2 Å². The molecule has 4 N–H and O–H groups in total. The topological polar surface area (TPSA) is 126 Å². The number of aromatic nitrogens is 3. The number of carbonyl (C=O) groups is 1. The third-order valence-corrected chi connectivity index (χ3v) is 4.81. The van der Waals surface area contributed by atoms with Crippen molar-refractivity contribution in [2.24, 2.45) is 0 Å². The van der Waals surface area contributed by atoms with E-state index in [4.69, 9.17) is 22.1 Å². The summed E-state index contributed by atoms with van der Waals surface area (Å²) >= 11 is 6.15. The molecule has 3 rings (SSSR count). The largest absolute Gasteiger partial charge is 0.496 e. The fourth-order valence-corrected chi connectivity index (χ4v) is 3.45. The van der Waals surface area contributed by atoms with Crippen LogP contribution < -0.4 is 20.7 Å². The van der Waals surface area contributed by atoms with Gasteiger partial charge in [-0.05, 0) is 20.3 Å². The normalized spacial score (nSPS) is 16.1. The van der Waals surface area contributed by atoms with E-state index < -0.39 is 6.04 Å². The van der Waals surface area contributed by atoms with Gasteiger partial charge < -0.3 is 25.8 Å². The van der Waals surface area contributed by atoms with Gasteiger partial charge in [-0.3, -0.25) is 9.78 Å². The molecule has 144 valence electrons. The zero-order valence-electron chi connectivity index (χ0n) is 15.3. The maximum absolute atomic E-state index is 12.6. The van der Waals surface area contributed by atoms with Gasteiger partial charge in [0.2, 0.25) is 11.9 Å². The van der Waals surface area contributed by atoms with Crippen molar-refractivity contribution in [3.8, 4) is 5.75 Å². The molecule has 0 aromatic carbocycles. The van der Waals surface area contributed by atoms with Gasteiger partial charge in [0.15, 0.2) is 11.0 Å². The summed E-state index contributed by atoms with van der Waals surface area (Å²) in [7, 11) is 1.60. The summed E-state index contributed by atoms with van der Waals surface area (Å²) in [5.74, 6) is 0.823. The average Bonchev–Trinajstić information content (AvgIpc) is 2.61. The third kappa shape index (κ3) is 3.47. The van der Waals surface area contributed by atoms with Crippen molar-refractivity contribution in [2.75, 3.05) is 29.7 Å². The van der Waals surface area contributed by atoms with Crippen LogP contribution in [-0.4, -0.2) is 45.7 Å². The number of methoxy groups -OCH3 is 1. The van der Waals surface area contributed by atoms with E-state index in [2.05, 4.69) is 20.3 Å². The summed E-state index contributed by atoms with van der Waals surface area (Å²) in [6, 6.07) is -0.652. The summed E-state index contributed by atoms with van der Waals surface area (Å²) < 4.78 is 5.46. The maximum Gasteiger partial charge on any atom is 0.247 e. The van der Waals surface area contributed by atoms with Gasteiger partial charge in [0.25, 0.3) is 0 Å². The summed E-state index contributed by atoms with van der Waals surface area (Å²) in [4.78, 5) is 27.0. The highest BCUT2D eigenvalue weighted by Crippen LogP contribution is 2.37. The van der Waals surface area contributed by atoms with Crippen LogP contribution in [0.15, 0.2) is 6.20 Å². The van der Waals surface area contributed by atoms with E-state index in [0.717, 1.165) is 16.9 Å². The Hall–Kier alpha value is -2.65. The number of pyridine rings is 1. The highest BCUT2D eigenvalue weighted by Gasteiger charge is 2.36. The molecule has 0 saturated heterocycles. The number of carbonyl (C=O) groups excluding carboxylic acids is 1. The number of aliphatic hydroxyl groups excluding tert-OH is 1. The number of amides is 1. The van der Waals surface area contributed by atoms with Crippen molar-refractivity contribution >= 4 is 35.0 Å². The lowest BCUT2D eigenvalue weighted by atomic mass is 10.1. The Balaban J connectivity index is 2.10. The van der Waals surface area contributed by atoms with Crippen molar-refractivity contribution in [3.63, 3.8) is 0 Å². The van der Waals surface area contributed by atoms with E-state index in [1.165, 1.54) is 0 Å². The zero-order chi connectivity index (χ0) is 19.7. The lowest BCUT2D eigenvalue weighted by molar-refractivity contribution is -0.118. The van der Waals surface area contributed by atoms with Gasteiger partial charge >= 0.3 is 0 Å². The molecule has 1 amide bonds. The minimum absolute atomic E-state index is 0.00573. The third-order valence-electron chi connectivity index (χ3n) is 4.53. The fourth-order valence-electron chi connectivity index (χ4n) is 3.24. The van der Waals surface area contributed by atoms with Gasteiger partial charge in [0.05, 0.1) is 19.3 Å². The first kappa shape index (κ1) is 19.1. The lowest BCUT2D eigenvalue weighted by Gasteiger charge is -2.37. The van der Waals surface area contributed by atoms with Crippen molar-refractivity contribution in [3.05, 3.63) is 28.2 Å². The number of hydrogen-bond acceptors (Lipinski definition) is 8. The Bertz CT molecular complexity index is 891. The Morgan fingerprint density at radius 3 is 2.81 bits per heavy atom. The van der Waals surface area contributed by atoms with Crippen molar-refractivity contribution in [1.82, 2.24) is 15.0 Å². The number of halogens is 1. The molecule has 3 heterocycles. The van der Waals surface area contributed by atoms with Gasteiger partial charge in [-0.25, -0.2) is 0 Å².